The van der Waals surface area contributed by atoms with Gasteiger partial charge in [0.2, 0.25) is 0 Å². The van der Waals surface area contributed by atoms with Gasteiger partial charge in [-0.3, -0.25) is 9.59 Å². The molecule has 0 aliphatic carbocycles. The third-order valence-electron chi connectivity index (χ3n) is 2.50. The average molecular weight is 322 g/mol. The number of nitrogens with one attached hydrogen (secondary N) is 1. The molecule has 0 unspecified atom stereocenters. The molecule has 0 spiro atoms. The number of hydrogen-bond acceptors (Lipinski definition) is 2. The summed E-state index contributed by atoms with van der Waals surface area (Å²) >= 11 is 3.02. The molecule has 0 aliphatic rings. The molecule has 5 heteroatoms. The highest BCUT2D eigenvalue weighted by Gasteiger charge is 2.13. The number of carbonyl (C=O) groups is 2. The summed E-state index contributed by atoms with van der Waals surface area (Å²) in [4.78, 5) is 22.4. The highest BCUT2D eigenvalue weighted by Crippen LogP contribution is 2.19. The van der Waals surface area contributed by atoms with Crippen molar-refractivity contribution in [1.29, 1.82) is 0 Å². The van der Waals surface area contributed by atoms with Crippen molar-refractivity contribution in [1.82, 2.24) is 0 Å². The molecule has 0 aromatic heterocycles. The maximum atomic E-state index is 13.7. The van der Waals surface area contributed by atoms with E-state index in [1.54, 1.807) is 30.3 Å². The van der Waals surface area contributed by atoms with Gasteiger partial charge in [0.25, 0.3) is 5.91 Å². The van der Waals surface area contributed by atoms with Gasteiger partial charge >= 0.3 is 0 Å². The Balaban J connectivity index is 2.20. The van der Waals surface area contributed by atoms with Crippen molar-refractivity contribution in [2.75, 3.05) is 5.32 Å². The zero-order chi connectivity index (χ0) is 13.8. The molecule has 96 valence electrons. The lowest BCUT2D eigenvalue weighted by Crippen LogP contribution is -2.13. The second-order valence-corrected chi connectivity index (χ2v) is 4.65. The predicted molar refractivity (Wildman–Crippen MR) is 73.9 cm³/mol. The topological polar surface area (TPSA) is 46.2 Å². The first-order valence-corrected chi connectivity index (χ1v) is 6.21. The fourth-order valence-corrected chi connectivity index (χ4v) is 1.89. The van der Waals surface area contributed by atoms with Crippen LogP contribution in [0, 0.1) is 5.82 Å². The Kier molecular flexibility index (Phi) is 4.06. The van der Waals surface area contributed by atoms with Crippen LogP contribution in [0.3, 0.4) is 0 Å². The Morgan fingerprint density at radius 1 is 1.16 bits per heavy atom. The zero-order valence-corrected chi connectivity index (χ0v) is 11.3. The molecule has 0 heterocycles. The van der Waals surface area contributed by atoms with E-state index in [1.165, 1.54) is 12.1 Å². The summed E-state index contributed by atoms with van der Waals surface area (Å²) in [6, 6.07) is 10.8. The highest BCUT2D eigenvalue weighted by atomic mass is 79.9. The summed E-state index contributed by atoms with van der Waals surface area (Å²) in [6.45, 7) is 0. The van der Waals surface area contributed by atoms with E-state index in [1.807, 2.05) is 0 Å². The molecule has 1 amide bonds. The van der Waals surface area contributed by atoms with E-state index < -0.39 is 11.7 Å². The fourth-order valence-electron chi connectivity index (χ4n) is 1.52. The maximum absolute atomic E-state index is 13.7. The van der Waals surface area contributed by atoms with E-state index in [4.69, 9.17) is 0 Å². The summed E-state index contributed by atoms with van der Waals surface area (Å²) in [6.07, 6.45) is 0.708. The van der Waals surface area contributed by atoms with Crippen LogP contribution < -0.4 is 5.32 Å². The lowest BCUT2D eigenvalue weighted by molar-refractivity contribution is 0.102. The number of rotatable bonds is 3. The van der Waals surface area contributed by atoms with Gasteiger partial charge in [-0.25, -0.2) is 4.39 Å². The molecular formula is C14H9BrFNO2. The van der Waals surface area contributed by atoms with E-state index in [2.05, 4.69) is 21.2 Å². The van der Waals surface area contributed by atoms with Crippen molar-refractivity contribution in [3.63, 3.8) is 0 Å². The molecule has 0 bridgehead atoms. The zero-order valence-electron chi connectivity index (χ0n) is 9.69. The van der Waals surface area contributed by atoms with E-state index in [0.717, 1.165) is 0 Å². The van der Waals surface area contributed by atoms with Gasteiger partial charge in [-0.1, -0.05) is 6.07 Å². The van der Waals surface area contributed by atoms with Crippen LogP contribution in [-0.4, -0.2) is 12.2 Å². The monoisotopic (exact) mass is 321 g/mol. The molecular weight excluding hydrogens is 313 g/mol. The van der Waals surface area contributed by atoms with Gasteiger partial charge in [-0.05, 0) is 52.3 Å². The van der Waals surface area contributed by atoms with Crippen molar-refractivity contribution >= 4 is 33.8 Å². The molecule has 0 saturated carbocycles. The van der Waals surface area contributed by atoms with E-state index >= 15 is 0 Å². The summed E-state index contributed by atoms with van der Waals surface area (Å²) in [5, 5.41) is 2.56. The number of anilines is 1. The molecule has 2 aromatic carbocycles. The summed E-state index contributed by atoms with van der Waals surface area (Å²) in [5.74, 6) is -1.15. The largest absolute Gasteiger partial charge is 0.322 e. The second kappa shape index (κ2) is 5.75. The Hall–Kier alpha value is -2.01. The minimum atomic E-state index is -0.607. The van der Waals surface area contributed by atoms with Gasteiger partial charge in [0.05, 0.1) is 10.0 Å². The number of halogens is 2. The van der Waals surface area contributed by atoms with Crippen LogP contribution in [0.5, 0.6) is 0 Å². The lowest BCUT2D eigenvalue weighted by Gasteiger charge is -2.07. The maximum Gasteiger partial charge on any atom is 0.258 e. The molecule has 2 rings (SSSR count). The van der Waals surface area contributed by atoms with Gasteiger partial charge in [0.1, 0.15) is 12.1 Å². The number of amides is 1. The van der Waals surface area contributed by atoms with E-state index in [9.17, 15) is 14.0 Å². The Morgan fingerprint density at radius 3 is 2.47 bits per heavy atom. The first kappa shape index (κ1) is 13.4. The Morgan fingerprint density at radius 2 is 1.84 bits per heavy atom. The quantitative estimate of drug-likeness (QED) is 0.877. The lowest BCUT2D eigenvalue weighted by atomic mass is 10.2. The third kappa shape index (κ3) is 3.06. The standard InChI is InChI=1S/C14H9BrFNO2/c15-12-3-1-2-11(13(12)16)14(19)17-10-6-4-9(8-18)5-7-10/h1-8H,(H,17,19). The van der Waals surface area contributed by atoms with Crippen molar-refractivity contribution in [3.8, 4) is 0 Å². The van der Waals surface area contributed by atoms with Crippen molar-refractivity contribution in [2.45, 2.75) is 0 Å². The number of benzene rings is 2. The molecule has 0 fully saturated rings. The summed E-state index contributed by atoms with van der Waals surface area (Å²) < 4.78 is 14.0. The predicted octanol–water partition coefficient (Wildman–Crippen LogP) is 3.65. The molecule has 0 atom stereocenters. The Labute approximate surface area is 117 Å². The normalized spacial score (nSPS) is 10.0. The highest BCUT2D eigenvalue weighted by molar-refractivity contribution is 9.10. The molecule has 0 radical (unpaired) electrons. The molecule has 19 heavy (non-hydrogen) atoms. The van der Waals surface area contributed by atoms with Crippen LogP contribution in [-0.2, 0) is 0 Å². The van der Waals surface area contributed by atoms with Crippen LogP contribution in [0.1, 0.15) is 20.7 Å². The smallest absolute Gasteiger partial charge is 0.258 e. The van der Waals surface area contributed by atoms with Gasteiger partial charge in [0.15, 0.2) is 0 Å². The Bertz CT molecular complexity index is 626. The van der Waals surface area contributed by atoms with E-state index in [0.29, 0.717) is 17.5 Å². The molecule has 0 saturated heterocycles. The summed E-state index contributed by atoms with van der Waals surface area (Å²) in [5.41, 5.74) is 0.954. The van der Waals surface area contributed by atoms with Gasteiger partial charge in [-0.2, -0.15) is 0 Å². The van der Waals surface area contributed by atoms with Crippen molar-refractivity contribution in [3.05, 3.63) is 63.9 Å². The molecule has 3 nitrogen and oxygen atoms in total. The van der Waals surface area contributed by atoms with Gasteiger partial charge in [0, 0.05) is 11.3 Å². The van der Waals surface area contributed by atoms with Gasteiger partial charge in [-0.15, -0.1) is 0 Å². The molecule has 0 aliphatic heterocycles. The molecule has 2 aromatic rings. The van der Waals surface area contributed by atoms with Crippen LogP contribution in [0.2, 0.25) is 0 Å². The first-order chi connectivity index (χ1) is 9.11. The van der Waals surface area contributed by atoms with Crippen LogP contribution in [0.25, 0.3) is 0 Å². The van der Waals surface area contributed by atoms with Crippen LogP contribution in [0.4, 0.5) is 10.1 Å². The first-order valence-electron chi connectivity index (χ1n) is 5.42. The SMILES string of the molecule is O=Cc1ccc(NC(=O)c2cccc(Br)c2F)cc1. The second-order valence-electron chi connectivity index (χ2n) is 3.80. The minimum absolute atomic E-state index is 0.0474. The van der Waals surface area contributed by atoms with Crippen LogP contribution >= 0.6 is 15.9 Å². The number of carbonyl (C=O) groups excluding carboxylic acids is 2. The number of aldehydes is 1. The van der Waals surface area contributed by atoms with Crippen molar-refractivity contribution in [2.24, 2.45) is 0 Å². The summed E-state index contributed by atoms with van der Waals surface area (Å²) in [7, 11) is 0. The minimum Gasteiger partial charge on any atom is -0.322 e. The van der Waals surface area contributed by atoms with Crippen molar-refractivity contribution < 1.29 is 14.0 Å². The number of hydrogen-bond donors (Lipinski definition) is 1. The van der Waals surface area contributed by atoms with Crippen LogP contribution in [0.15, 0.2) is 46.9 Å². The molecule has 1 N–H and O–H groups in total. The third-order valence-corrected chi connectivity index (χ3v) is 3.11. The fraction of sp³-hybridized carbons (Fsp3) is 0. The average Bonchev–Trinajstić information content (AvgIpc) is 2.42. The van der Waals surface area contributed by atoms with E-state index in [-0.39, 0.29) is 10.0 Å². The van der Waals surface area contributed by atoms with Gasteiger partial charge < -0.3 is 5.32 Å².